The Morgan fingerprint density at radius 3 is 2.38 bits per heavy atom. The lowest BCUT2D eigenvalue weighted by atomic mass is 10.1. The third kappa shape index (κ3) is 5.10. The quantitative estimate of drug-likeness (QED) is 0.816. The first kappa shape index (κ1) is 18.0. The number of ether oxygens (including phenoxy) is 1. The van der Waals surface area contributed by atoms with Crippen LogP contribution in [0.1, 0.15) is 23.6 Å². The maximum Gasteiger partial charge on any atom is 0.311 e. The van der Waals surface area contributed by atoms with Crippen LogP contribution in [0.3, 0.4) is 0 Å². The van der Waals surface area contributed by atoms with E-state index in [1.807, 2.05) is 49.4 Å². The van der Waals surface area contributed by atoms with Crippen molar-refractivity contribution in [1.29, 1.82) is 0 Å². The highest BCUT2D eigenvalue weighted by atomic mass is 35.5. The molecule has 1 atom stereocenters. The number of aryl methyl sites for hydroxylation is 1. The van der Waals surface area contributed by atoms with E-state index in [-0.39, 0.29) is 18.9 Å². The van der Waals surface area contributed by atoms with Gasteiger partial charge in [0.05, 0.1) is 6.42 Å². The Labute approximate surface area is 146 Å². The molecule has 0 aromatic heterocycles. The van der Waals surface area contributed by atoms with Gasteiger partial charge in [0, 0.05) is 11.6 Å². The van der Waals surface area contributed by atoms with Gasteiger partial charge in [-0.15, -0.1) is 0 Å². The maximum atomic E-state index is 12.1. The van der Waals surface area contributed by atoms with Crippen LogP contribution in [0.2, 0.25) is 5.02 Å². The molecular weight excluding hydrogens is 326 g/mol. The molecule has 0 bridgehead atoms. The van der Waals surface area contributed by atoms with Crippen LogP contribution in [0.4, 0.5) is 0 Å². The fourth-order valence-electron chi connectivity index (χ4n) is 2.22. The summed E-state index contributed by atoms with van der Waals surface area (Å²) in [6, 6.07) is 14.8. The topological polar surface area (TPSA) is 55.4 Å². The molecule has 2 aromatic rings. The van der Waals surface area contributed by atoms with Crippen LogP contribution in [0, 0.1) is 6.92 Å². The van der Waals surface area contributed by atoms with Crippen molar-refractivity contribution in [1.82, 2.24) is 5.32 Å². The summed E-state index contributed by atoms with van der Waals surface area (Å²) in [6.45, 7) is 3.78. The summed E-state index contributed by atoms with van der Waals surface area (Å²) in [4.78, 5) is 24.0. The maximum absolute atomic E-state index is 12.1. The van der Waals surface area contributed by atoms with Crippen molar-refractivity contribution in [3.63, 3.8) is 0 Å². The molecule has 2 rings (SSSR count). The van der Waals surface area contributed by atoms with Crippen LogP contribution in [0.15, 0.2) is 48.5 Å². The van der Waals surface area contributed by atoms with E-state index >= 15 is 0 Å². The van der Waals surface area contributed by atoms with Crippen molar-refractivity contribution < 1.29 is 14.3 Å². The molecule has 4 nitrogen and oxygen atoms in total. The molecule has 0 aliphatic heterocycles. The van der Waals surface area contributed by atoms with Crippen LogP contribution in [-0.4, -0.2) is 18.0 Å². The summed E-state index contributed by atoms with van der Waals surface area (Å²) in [5, 5.41) is 3.30. The van der Waals surface area contributed by atoms with Crippen LogP contribution < -0.4 is 5.32 Å². The number of carbonyl (C=O) groups excluding carboxylic acids is 2. The molecule has 0 saturated carbocycles. The molecule has 2 aromatic carbocycles. The predicted molar refractivity (Wildman–Crippen MR) is 93.7 cm³/mol. The van der Waals surface area contributed by atoms with Crippen molar-refractivity contribution in [3.8, 4) is 0 Å². The van der Waals surface area contributed by atoms with Gasteiger partial charge in [0.25, 0.3) is 5.91 Å². The summed E-state index contributed by atoms with van der Waals surface area (Å²) >= 11 is 6.04. The van der Waals surface area contributed by atoms with Crippen molar-refractivity contribution in [3.05, 3.63) is 70.2 Å². The van der Waals surface area contributed by atoms with Gasteiger partial charge in [0.15, 0.2) is 6.10 Å². The zero-order valence-electron chi connectivity index (χ0n) is 13.7. The Balaban J connectivity index is 1.84. The number of carbonyl (C=O) groups is 2. The second-order valence-electron chi connectivity index (χ2n) is 5.54. The molecular formula is C19H20ClNO3. The number of amides is 1. The summed E-state index contributed by atoms with van der Waals surface area (Å²) in [6.07, 6.45) is -0.710. The van der Waals surface area contributed by atoms with Gasteiger partial charge in [0.1, 0.15) is 0 Å². The second kappa shape index (κ2) is 8.50. The molecule has 0 heterocycles. The third-order valence-electron chi connectivity index (χ3n) is 3.68. The van der Waals surface area contributed by atoms with Gasteiger partial charge >= 0.3 is 5.97 Å². The van der Waals surface area contributed by atoms with Gasteiger partial charge < -0.3 is 10.1 Å². The van der Waals surface area contributed by atoms with E-state index in [1.54, 1.807) is 13.0 Å². The average molecular weight is 346 g/mol. The highest BCUT2D eigenvalue weighted by Gasteiger charge is 2.18. The zero-order valence-corrected chi connectivity index (χ0v) is 14.5. The highest BCUT2D eigenvalue weighted by molar-refractivity contribution is 6.31. The van der Waals surface area contributed by atoms with Crippen molar-refractivity contribution in [2.75, 3.05) is 0 Å². The monoisotopic (exact) mass is 345 g/mol. The summed E-state index contributed by atoms with van der Waals surface area (Å²) in [5.41, 5.74) is 2.72. The molecule has 0 fully saturated rings. The molecule has 24 heavy (non-hydrogen) atoms. The number of hydrogen-bond donors (Lipinski definition) is 1. The lowest BCUT2D eigenvalue weighted by Crippen LogP contribution is -2.35. The predicted octanol–water partition coefficient (Wildman–Crippen LogP) is 3.44. The normalized spacial score (nSPS) is 11.6. The molecule has 1 amide bonds. The molecule has 0 spiro atoms. The average Bonchev–Trinajstić information content (AvgIpc) is 2.56. The van der Waals surface area contributed by atoms with Gasteiger partial charge in [0.2, 0.25) is 0 Å². The summed E-state index contributed by atoms with van der Waals surface area (Å²) < 4.78 is 5.21. The fraction of sp³-hybridized carbons (Fsp3) is 0.263. The first-order valence-electron chi connectivity index (χ1n) is 7.72. The van der Waals surface area contributed by atoms with E-state index in [0.29, 0.717) is 5.02 Å². The molecule has 0 aliphatic rings. The summed E-state index contributed by atoms with van der Waals surface area (Å²) in [7, 11) is 0. The lowest BCUT2D eigenvalue weighted by molar-refractivity contribution is -0.154. The van der Waals surface area contributed by atoms with Gasteiger partial charge in [-0.3, -0.25) is 9.59 Å². The number of halogens is 1. The van der Waals surface area contributed by atoms with E-state index < -0.39 is 12.1 Å². The van der Waals surface area contributed by atoms with Crippen molar-refractivity contribution in [2.45, 2.75) is 32.9 Å². The van der Waals surface area contributed by atoms with Gasteiger partial charge in [-0.1, -0.05) is 54.1 Å². The Morgan fingerprint density at radius 2 is 1.71 bits per heavy atom. The number of nitrogens with one attached hydrogen (secondary N) is 1. The Morgan fingerprint density at radius 1 is 1.08 bits per heavy atom. The van der Waals surface area contributed by atoms with Crippen LogP contribution in [-0.2, 0) is 27.3 Å². The minimum absolute atomic E-state index is 0.148. The van der Waals surface area contributed by atoms with E-state index in [0.717, 1.165) is 16.7 Å². The lowest BCUT2D eigenvalue weighted by Gasteiger charge is -2.14. The Hall–Kier alpha value is -2.33. The SMILES string of the molecule is Cc1ccccc1CC(=O)OC(C)C(=O)NCc1ccccc1Cl. The number of esters is 1. The molecule has 1 N–H and O–H groups in total. The molecule has 0 aliphatic carbocycles. The minimum atomic E-state index is -0.857. The van der Waals surface area contributed by atoms with Gasteiger partial charge in [-0.05, 0) is 36.6 Å². The molecule has 5 heteroatoms. The molecule has 0 saturated heterocycles. The van der Waals surface area contributed by atoms with Crippen LogP contribution in [0.25, 0.3) is 0 Å². The molecule has 126 valence electrons. The number of hydrogen-bond acceptors (Lipinski definition) is 3. The van der Waals surface area contributed by atoms with Gasteiger partial charge in [-0.2, -0.15) is 0 Å². The Kier molecular flexibility index (Phi) is 6.38. The second-order valence-corrected chi connectivity index (χ2v) is 5.95. The number of benzene rings is 2. The smallest absolute Gasteiger partial charge is 0.311 e. The zero-order chi connectivity index (χ0) is 17.5. The van der Waals surface area contributed by atoms with E-state index in [9.17, 15) is 9.59 Å². The first-order chi connectivity index (χ1) is 11.5. The molecule has 1 unspecified atom stereocenters. The number of rotatable bonds is 6. The standard InChI is InChI=1S/C19H20ClNO3/c1-13-7-3-4-8-15(13)11-18(22)24-14(2)19(23)21-12-16-9-5-6-10-17(16)20/h3-10,14H,11-12H2,1-2H3,(H,21,23). The van der Waals surface area contributed by atoms with Crippen molar-refractivity contribution >= 4 is 23.5 Å². The van der Waals surface area contributed by atoms with Gasteiger partial charge in [-0.25, -0.2) is 0 Å². The minimum Gasteiger partial charge on any atom is -0.452 e. The third-order valence-corrected chi connectivity index (χ3v) is 4.05. The highest BCUT2D eigenvalue weighted by Crippen LogP contribution is 2.14. The molecule has 0 radical (unpaired) electrons. The first-order valence-corrected chi connectivity index (χ1v) is 8.10. The van der Waals surface area contributed by atoms with E-state index in [2.05, 4.69) is 5.32 Å². The largest absolute Gasteiger partial charge is 0.452 e. The van der Waals surface area contributed by atoms with Crippen molar-refractivity contribution in [2.24, 2.45) is 0 Å². The fourth-order valence-corrected chi connectivity index (χ4v) is 2.43. The summed E-state index contributed by atoms with van der Waals surface area (Å²) in [5.74, 6) is -0.780. The Bertz CT molecular complexity index is 730. The van der Waals surface area contributed by atoms with E-state index in [1.165, 1.54) is 0 Å². The van der Waals surface area contributed by atoms with E-state index in [4.69, 9.17) is 16.3 Å². The van der Waals surface area contributed by atoms with Crippen LogP contribution in [0.5, 0.6) is 0 Å². The van der Waals surface area contributed by atoms with Crippen LogP contribution >= 0.6 is 11.6 Å².